The Hall–Kier alpha value is -1.36. The van der Waals surface area contributed by atoms with E-state index >= 15 is 0 Å². The quantitative estimate of drug-likeness (QED) is 0.765. The zero-order valence-corrected chi connectivity index (χ0v) is 10.4. The Bertz CT molecular complexity index is 515. The molecule has 0 radical (unpaired) electrons. The smallest absolute Gasteiger partial charge is 0.327 e. The lowest BCUT2D eigenvalue weighted by Gasteiger charge is -2.14. The maximum atomic E-state index is 12.3. The van der Waals surface area contributed by atoms with E-state index in [1.54, 1.807) is 25.1 Å². The van der Waals surface area contributed by atoms with Gasteiger partial charge in [0, 0.05) is 0 Å². The molecule has 0 amide bonds. The predicted octanol–water partition coefficient (Wildman–Crippen LogP) is 1.56. The molecule has 0 unspecified atom stereocenters. The molecule has 0 saturated heterocycles. The van der Waals surface area contributed by atoms with Crippen LogP contribution < -0.4 is 0 Å². The molecule has 0 N–H and O–H groups in total. The van der Waals surface area contributed by atoms with Crippen molar-refractivity contribution in [3.8, 4) is 0 Å². The molecule has 1 saturated carbocycles. The molecule has 1 aromatic rings. The molecule has 92 valence electrons. The lowest BCUT2D eigenvalue weighted by Crippen LogP contribution is -2.34. The number of carbonyl (C=O) groups is 1. The van der Waals surface area contributed by atoms with Crippen LogP contribution >= 0.6 is 0 Å². The van der Waals surface area contributed by atoms with Crippen LogP contribution in [-0.4, -0.2) is 25.7 Å². The van der Waals surface area contributed by atoms with Gasteiger partial charge in [-0.1, -0.05) is 18.2 Å². The summed E-state index contributed by atoms with van der Waals surface area (Å²) in [6.07, 6.45) is 0.701. The van der Waals surface area contributed by atoms with Crippen LogP contribution in [0.25, 0.3) is 0 Å². The van der Waals surface area contributed by atoms with Crippen LogP contribution in [0.5, 0.6) is 0 Å². The number of carbonyl (C=O) groups excluding carboxylic acids is 1. The van der Waals surface area contributed by atoms with Crippen LogP contribution in [0.4, 0.5) is 0 Å². The largest absolute Gasteiger partial charge is 0.465 e. The average Bonchev–Trinajstić information content (AvgIpc) is 3.12. The standard InChI is InChI=1S/C12H14O4S/c1-2-16-11(13)12(8-9-12)17(14,15)10-6-4-3-5-7-10/h3-7H,2,8-9H2,1H3. The van der Waals surface area contributed by atoms with Gasteiger partial charge in [-0.15, -0.1) is 0 Å². The predicted molar refractivity (Wildman–Crippen MR) is 62.2 cm³/mol. The lowest BCUT2D eigenvalue weighted by atomic mass is 10.4. The molecule has 0 heterocycles. The number of hydrogen-bond donors (Lipinski definition) is 0. The highest BCUT2D eigenvalue weighted by Crippen LogP contribution is 2.47. The summed E-state index contributed by atoms with van der Waals surface area (Å²) < 4.78 is 28.2. The lowest BCUT2D eigenvalue weighted by molar-refractivity contribution is -0.143. The van der Waals surface area contributed by atoms with Gasteiger partial charge in [0.2, 0.25) is 0 Å². The van der Waals surface area contributed by atoms with Gasteiger partial charge in [-0.2, -0.15) is 0 Å². The molecule has 1 fully saturated rings. The molecule has 5 heteroatoms. The fraction of sp³-hybridized carbons (Fsp3) is 0.417. The molecule has 1 aromatic carbocycles. The number of sulfone groups is 1. The van der Waals surface area contributed by atoms with E-state index in [2.05, 4.69) is 0 Å². The Morgan fingerprint density at radius 3 is 2.35 bits per heavy atom. The molecule has 2 rings (SSSR count). The van der Waals surface area contributed by atoms with E-state index in [1.807, 2.05) is 0 Å². The zero-order chi connectivity index (χ0) is 12.5. The average molecular weight is 254 g/mol. The van der Waals surface area contributed by atoms with Crippen LogP contribution in [0.2, 0.25) is 0 Å². The van der Waals surface area contributed by atoms with Crippen molar-refractivity contribution in [1.29, 1.82) is 0 Å². The van der Waals surface area contributed by atoms with Crippen molar-refractivity contribution >= 4 is 15.8 Å². The molecular weight excluding hydrogens is 240 g/mol. The second kappa shape index (κ2) is 4.14. The van der Waals surface area contributed by atoms with Crippen molar-refractivity contribution in [3.05, 3.63) is 30.3 Å². The van der Waals surface area contributed by atoms with Crippen LogP contribution in [0, 0.1) is 0 Å². The summed E-state index contributed by atoms with van der Waals surface area (Å²) in [4.78, 5) is 11.9. The van der Waals surface area contributed by atoms with Gasteiger partial charge in [-0.05, 0) is 31.9 Å². The number of esters is 1. The van der Waals surface area contributed by atoms with Crippen LogP contribution in [0.1, 0.15) is 19.8 Å². The fourth-order valence-electron chi connectivity index (χ4n) is 1.78. The summed E-state index contributed by atoms with van der Waals surface area (Å²) in [6.45, 7) is 1.87. The van der Waals surface area contributed by atoms with E-state index in [4.69, 9.17) is 4.74 Å². The van der Waals surface area contributed by atoms with E-state index in [0.29, 0.717) is 12.8 Å². The van der Waals surface area contributed by atoms with Crippen LogP contribution in [0.3, 0.4) is 0 Å². The number of ether oxygens (including phenoxy) is 1. The minimum Gasteiger partial charge on any atom is -0.465 e. The molecule has 17 heavy (non-hydrogen) atoms. The van der Waals surface area contributed by atoms with Gasteiger partial charge >= 0.3 is 5.97 Å². The first kappa shape index (κ1) is 12.1. The molecule has 4 nitrogen and oxygen atoms in total. The summed E-state index contributed by atoms with van der Waals surface area (Å²) in [5.74, 6) is -0.621. The first-order valence-corrected chi connectivity index (χ1v) is 7.00. The first-order chi connectivity index (χ1) is 8.04. The third-order valence-electron chi connectivity index (χ3n) is 2.92. The van der Waals surface area contributed by atoms with Gasteiger partial charge in [-0.3, -0.25) is 4.79 Å². The van der Waals surface area contributed by atoms with Crippen LogP contribution in [0.15, 0.2) is 35.2 Å². The maximum Gasteiger partial charge on any atom is 0.327 e. The van der Waals surface area contributed by atoms with Gasteiger partial charge in [0.15, 0.2) is 14.6 Å². The van der Waals surface area contributed by atoms with Crippen molar-refractivity contribution in [1.82, 2.24) is 0 Å². The van der Waals surface area contributed by atoms with E-state index in [0.717, 1.165) is 0 Å². The highest BCUT2D eigenvalue weighted by atomic mass is 32.2. The molecule has 0 bridgehead atoms. The molecule has 0 aliphatic heterocycles. The Morgan fingerprint density at radius 2 is 1.88 bits per heavy atom. The molecule has 0 aromatic heterocycles. The summed E-state index contributed by atoms with van der Waals surface area (Å²) in [6, 6.07) is 8.05. The topological polar surface area (TPSA) is 60.4 Å². The summed E-state index contributed by atoms with van der Waals surface area (Å²) in [7, 11) is -3.62. The minimum absolute atomic E-state index is 0.186. The van der Waals surface area contributed by atoms with Gasteiger partial charge in [0.05, 0.1) is 11.5 Å². The Kier molecular flexibility index (Phi) is 2.95. The van der Waals surface area contributed by atoms with E-state index in [9.17, 15) is 13.2 Å². The van der Waals surface area contributed by atoms with Crippen molar-refractivity contribution in [2.75, 3.05) is 6.61 Å². The number of hydrogen-bond acceptors (Lipinski definition) is 4. The number of rotatable bonds is 4. The highest BCUT2D eigenvalue weighted by Gasteiger charge is 2.62. The molecular formula is C12H14O4S. The zero-order valence-electron chi connectivity index (χ0n) is 9.55. The molecule has 1 aliphatic rings. The first-order valence-electron chi connectivity index (χ1n) is 5.51. The summed E-state index contributed by atoms with van der Waals surface area (Å²) in [5.41, 5.74) is 0. The second-order valence-corrected chi connectivity index (χ2v) is 6.29. The van der Waals surface area contributed by atoms with E-state index < -0.39 is 20.6 Å². The monoisotopic (exact) mass is 254 g/mol. The minimum atomic E-state index is -3.62. The second-order valence-electron chi connectivity index (χ2n) is 4.03. The van der Waals surface area contributed by atoms with E-state index in [1.165, 1.54) is 12.1 Å². The third-order valence-corrected chi connectivity index (χ3v) is 5.42. The van der Waals surface area contributed by atoms with Gasteiger partial charge in [0.25, 0.3) is 0 Å². The normalized spacial score (nSPS) is 17.5. The number of benzene rings is 1. The van der Waals surface area contributed by atoms with E-state index in [-0.39, 0.29) is 11.5 Å². The van der Waals surface area contributed by atoms with Crippen molar-refractivity contribution in [3.63, 3.8) is 0 Å². The Labute approximate surface area is 101 Å². The Morgan fingerprint density at radius 1 is 1.29 bits per heavy atom. The maximum absolute atomic E-state index is 12.3. The van der Waals surface area contributed by atoms with Crippen molar-refractivity contribution in [2.24, 2.45) is 0 Å². The van der Waals surface area contributed by atoms with Crippen molar-refractivity contribution in [2.45, 2.75) is 29.4 Å². The van der Waals surface area contributed by atoms with Gasteiger partial charge in [-0.25, -0.2) is 8.42 Å². The van der Waals surface area contributed by atoms with Crippen molar-refractivity contribution < 1.29 is 17.9 Å². The molecule has 0 spiro atoms. The fourth-order valence-corrected chi connectivity index (χ4v) is 3.67. The third kappa shape index (κ3) is 1.84. The molecule has 0 atom stereocenters. The SMILES string of the molecule is CCOC(=O)C1(S(=O)(=O)c2ccccc2)CC1. The Balaban J connectivity index is 2.37. The molecule has 1 aliphatic carbocycles. The summed E-state index contributed by atoms with van der Waals surface area (Å²) in [5, 5.41) is 0. The highest BCUT2D eigenvalue weighted by molar-refractivity contribution is 7.94. The van der Waals surface area contributed by atoms with Gasteiger partial charge in [0.1, 0.15) is 0 Å². The summed E-state index contributed by atoms with van der Waals surface area (Å²) >= 11 is 0. The van der Waals surface area contributed by atoms with Crippen LogP contribution in [-0.2, 0) is 19.4 Å². The van der Waals surface area contributed by atoms with Gasteiger partial charge < -0.3 is 4.74 Å².